The Labute approximate surface area is 158 Å². The molecule has 2 aromatic carbocycles. The number of hydrogen-bond acceptors (Lipinski definition) is 4. The van der Waals surface area contributed by atoms with E-state index in [-0.39, 0.29) is 15.5 Å². The minimum absolute atomic E-state index is 0.0622. The number of hydrogen-bond donors (Lipinski definition) is 1. The lowest BCUT2D eigenvalue weighted by Gasteiger charge is -2.15. The second-order valence-corrected chi connectivity index (χ2v) is 8.32. The summed E-state index contributed by atoms with van der Waals surface area (Å²) in [7, 11) is -1.38. The predicted molar refractivity (Wildman–Crippen MR) is 102 cm³/mol. The third-order valence-electron chi connectivity index (χ3n) is 3.89. The van der Waals surface area contributed by atoms with Crippen LogP contribution in [0.25, 0.3) is 0 Å². The molecule has 2 aromatic rings. The topological polar surface area (TPSA) is 75.7 Å². The molecule has 0 spiro atoms. The number of sulfonamides is 1. The monoisotopic (exact) mass is 396 g/mol. The van der Waals surface area contributed by atoms with Crippen molar-refractivity contribution in [3.63, 3.8) is 0 Å². The lowest BCUT2D eigenvalue weighted by molar-refractivity contribution is -0.0258. The molecule has 6 nitrogen and oxygen atoms in total. The zero-order chi connectivity index (χ0) is 19.5. The molecule has 0 heterocycles. The third kappa shape index (κ3) is 4.42. The van der Waals surface area contributed by atoms with Gasteiger partial charge in [0, 0.05) is 12.7 Å². The average molecular weight is 397 g/mol. The Morgan fingerprint density at radius 1 is 1.19 bits per heavy atom. The zero-order valence-corrected chi connectivity index (χ0v) is 16.6. The molecule has 0 aliphatic carbocycles. The zero-order valence-electron chi connectivity index (χ0n) is 15.0. The van der Waals surface area contributed by atoms with Crippen LogP contribution < -0.4 is 5.32 Å². The molecule has 1 N–H and O–H groups in total. The van der Waals surface area contributed by atoms with E-state index in [1.54, 1.807) is 6.07 Å². The molecule has 0 atom stereocenters. The van der Waals surface area contributed by atoms with Gasteiger partial charge < -0.3 is 5.32 Å². The summed E-state index contributed by atoms with van der Waals surface area (Å²) in [6.07, 6.45) is 0. The predicted octanol–water partition coefficient (Wildman–Crippen LogP) is 3.90. The Kier molecular flexibility index (Phi) is 6.41. The summed E-state index contributed by atoms with van der Waals surface area (Å²) in [6.45, 7) is 4.11. The molecule has 0 fully saturated rings. The van der Waals surface area contributed by atoms with Crippen molar-refractivity contribution >= 4 is 33.2 Å². The van der Waals surface area contributed by atoms with E-state index in [1.807, 2.05) is 18.2 Å². The summed E-state index contributed by atoms with van der Waals surface area (Å²) in [5.41, 5.74) is 1.75. The standard InChI is InChI=1S/C18H21ClN2O4S/c1-12(2)13-6-5-7-14(10-13)20-18(22)16-11-15(8-9-17(16)19)26(23,24)21(3)25-4/h5-12H,1-4H3,(H,20,22). The third-order valence-corrected chi connectivity index (χ3v) is 5.89. The Morgan fingerprint density at radius 2 is 1.88 bits per heavy atom. The molecule has 2 rings (SSSR count). The van der Waals surface area contributed by atoms with Crippen molar-refractivity contribution in [3.8, 4) is 0 Å². The maximum Gasteiger partial charge on any atom is 0.264 e. The van der Waals surface area contributed by atoms with Gasteiger partial charge in [-0.1, -0.05) is 42.0 Å². The fraction of sp³-hybridized carbons (Fsp3) is 0.278. The average Bonchev–Trinajstić information content (AvgIpc) is 2.61. The van der Waals surface area contributed by atoms with Crippen LogP contribution in [0, 0.1) is 0 Å². The second-order valence-electron chi connectivity index (χ2n) is 5.97. The van der Waals surface area contributed by atoms with Crippen LogP contribution in [0.5, 0.6) is 0 Å². The number of anilines is 1. The fourth-order valence-electron chi connectivity index (χ4n) is 2.26. The molecule has 0 aliphatic heterocycles. The van der Waals surface area contributed by atoms with Crippen molar-refractivity contribution in [2.24, 2.45) is 0 Å². The highest BCUT2D eigenvalue weighted by Gasteiger charge is 2.23. The maximum atomic E-state index is 12.6. The molecule has 0 saturated carbocycles. The number of hydroxylamine groups is 1. The number of carbonyl (C=O) groups excluding carboxylic acids is 1. The SMILES string of the molecule is CON(C)S(=O)(=O)c1ccc(Cl)c(C(=O)Nc2cccc(C(C)C)c2)c1. The second kappa shape index (κ2) is 8.18. The number of benzene rings is 2. The van der Waals surface area contributed by atoms with Crippen LogP contribution in [0.1, 0.15) is 35.7 Å². The van der Waals surface area contributed by atoms with Gasteiger partial charge in [0.05, 0.1) is 22.6 Å². The van der Waals surface area contributed by atoms with E-state index < -0.39 is 15.9 Å². The molecule has 0 unspecified atom stereocenters. The van der Waals surface area contributed by atoms with Crippen LogP contribution in [0.2, 0.25) is 5.02 Å². The highest BCUT2D eigenvalue weighted by Crippen LogP contribution is 2.24. The Hall–Kier alpha value is -1.93. The van der Waals surface area contributed by atoms with Gasteiger partial charge in [0.25, 0.3) is 15.9 Å². The Bertz CT molecular complexity index is 913. The highest BCUT2D eigenvalue weighted by molar-refractivity contribution is 7.89. The summed E-state index contributed by atoms with van der Waals surface area (Å²) in [5, 5.41) is 2.91. The summed E-state index contributed by atoms with van der Waals surface area (Å²) in [4.78, 5) is 17.3. The van der Waals surface area contributed by atoms with Crippen LogP contribution in [-0.4, -0.2) is 33.0 Å². The molecule has 1 amide bonds. The Morgan fingerprint density at radius 3 is 2.50 bits per heavy atom. The lowest BCUT2D eigenvalue weighted by atomic mass is 10.0. The van der Waals surface area contributed by atoms with Crippen molar-refractivity contribution in [1.82, 2.24) is 4.47 Å². The van der Waals surface area contributed by atoms with Crippen molar-refractivity contribution in [1.29, 1.82) is 0 Å². The fourth-order valence-corrected chi connectivity index (χ4v) is 3.46. The highest BCUT2D eigenvalue weighted by atomic mass is 35.5. The van der Waals surface area contributed by atoms with E-state index in [2.05, 4.69) is 19.2 Å². The molecule has 0 aromatic heterocycles. The summed E-state index contributed by atoms with van der Waals surface area (Å²) in [6, 6.07) is 11.4. The van der Waals surface area contributed by atoms with E-state index >= 15 is 0 Å². The minimum Gasteiger partial charge on any atom is -0.322 e. The van der Waals surface area contributed by atoms with E-state index in [4.69, 9.17) is 16.4 Å². The van der Waals surface area contributed by atoms with Crippen LogP contribution in [-0.2, 0) is 14.9 Å². The minimum atomic E-state index is -3.88. The van der Waals surface area contributed by atoms with E-state index in [0.29, 0.717) is 16.1 Å². The van der Waals surface area contributed by atoms with Crippen molar-refractivity contribution in [2.45, 2.75) is 24.7 Å². The molecule has 0 aliphatic rings. The largest absolute Gasteiger partial charge is 0.322 e. The van der Waals surface area contributed by atoms with Crippen LogP contribution in [0.4, 0.5) is 5.69 Å². The van der Waals surface area contributed by atoms with E-state index in [1.165, 1.54) is 32.4 Å². The van der Waals surface area contributed by atoms with E-state index in [9.17, 15) is 13.2 Å². The molecular weight excluding hydrogens is 376 g/mol. The van der Waals surface area contributed by atoms with Gasteiger partial charge in [-0.3, -0.25) is 9.63 Å². The molecule has 8 heteroatoms. The van der Waals surface area contributed by atoms with Gasteiger partial charge in [-0.25, -0.2) is 8.42 Å². The van der Waals surface area contributed by atoms with Crippen LogP contribution >= 0.6 is 11.6 Å². The first kappa shape index (κ1) is 20.4. The van der Waals surface area contributed by atoms with Crippen LogP contribution in [0.3, 0.4) is 0 Å². The number of nitrogens with zero attached hydrogens (tertiary/aromatic N) is 1. The summed E-state index contributed by atoms with van der Waals surface area (Å²) in [5.74, 6) is -0.179. The van der Waals surface area contributed by atoms with Crippen LogP contribution in [0.15, 0.2) is 47.4 Å². The number of amides is 1. The number of nitrogens with one attached hydrogen (secondary N) is 1. The number of rotatable bonds is 6. The number of halogens is 1. The van der Waals surface area contributed by atoms with Crippen molar-refractivity contribution < 1.29 is 18.0 Å². The summed E-state index contributed by atoms with van der Waals surface area (Å²) < 4.78 is 25.4. The van der Waals surface area contributed by atoms with Gasteiger partial charge in [-0.2, -0.15) is 0 Å². The molecule has 140 valence electrons. The number of carbonyl (C=O) groups is 1. The maximum absolute atomic E-state index is 12.6. The van der Waals surface area contributed by atoms with Gasteiger partial charge in [0.15, 0.2) is 0 Å². The molecule has 26 heavy (non-hydrogen) atoms. The van der Waals surface area contributed by atoms with Gasteiger partial charge in [0.1, 0.15) is 0 Å². The Balaban J connectivity index is 2.35. The molecule has 0 bridgehead atoms. The normalized spacial score (nSPS) is 11.8. The molecule has 0 radical (unpaired) electrons. The quantitative estimate of drug-likeness (QED) is 0.751. The first-order valence-electron chi connectivity index (χ1n) is 7.90. The lowest BCUT2D eigenvalue weighted by Crippen LogP contribution is -2.26. The van der Waals surface area contributed by atoms with E-state index in [0.717, 1.165) is 5.56 Å². The van der Waals surface area contributed by atoms with Gasteiger partial charge in [0.2, 0.25) is 0 Å². The first-order valence-corrected chi connectivity index (χ1v) is 9.72. The van der Waals surface area contributed by atoms with Crippen molar-refractivity contribution in [2.75, 3.05) is 19.5 Å². The smallest absolute Gasteiger partial charge is 0.264 e. The van der Waals surface area contributed by atoms with Gasteiger partial charge >= 0.3 is 0 Å². The van der Waals surface area contributed by atoms with Gasteiger partial charge in [-0.15, -0.1) is 0 Å². The first-order chi connectivity index (χ1) is 12.2. The van der Waals surface area contributed by atoms with Gasteiger partial charge in [-0.05, 0) is 41.8 Å². The molecular formula is C18H21ClN2O4S. The van der Waals surface area contributed by atoms with Crippen molar-refractivity contribution in [3.05, 3.63) is 58.6 Å². The molecule has 0 saturated heterocycles. The summed E-state index contributed by atoms with van der Waals surface area (Å²) >= 11 is 6.10.